The first-order valence-corrected chi connectivity index (χ1v) is 9.71. The van der Waals surface area contributed by atoms with Crippen LogP contribution in [0.1, 0.15) is 27.0 Å². The zero-order valence-electron chi connectivity index (χ0n) is 14.7. The first-order chi connectivity index (χ1) is 12.0. The molecule has 0 heterocycles. The van der Waals surface area contributed by atoms with Crippen LogP contribution in [0.5, 0.6) is 0 Å². The highest BCUT2D eigenvalue weighted by Gasteiger charge is 2.22. The molecule has 0 aliphatic rings. The molecule has 0 spiro atoms. The lowest BCUT2D eigenvalue weighted by molar-refractivity contribution is 0.107. The van der Waals surface area contributed by atoms with Gasteiger partial charge in [0, 0.05) is 10.9 Å². The van der Waals surface area contributed by atoms with Gasteiger partial charge in [-0.1, -0.05) is 72.3 Å². The van der Waals surface area contributed by atoms with Crippen molar-refractivity contribution in [1.29, 1.82) is 0 Å². The van der Waals surface area contributed by atoms with Crippen molar-refractivity contribution in [2.24, 2.45) is 0 Å². The van der Waals surface area contributed by atoms with Crippen LogP contribution in [-0.4, -0.2) is 5.52 Å². The Labute approximate surface area is 149 Å². The molecular weight excluding hydrogens is 327 g/mol. The fourth-order valence-electron chi connectivity index (χ4n) is 3.32. The first kappa shape index (κ1) is 17.4. The Balaban J connectivity index is 2.07. The summed E-state index contributed by atoms with van der Waals surface area (Å²) in [6.45, 7) is 5.82. The standard InChI is InChI=1S/C22H21O2P/c1-15-13-16(2)21(17(3)14-15)22(23)25(24)20-12-8-7-11-19(20)18-9-5-4-6-10-18/h4-14,25H,1-3H3. The van der Waals surface area contributed by atoms with E-state index in [-0.39, 0.29) is 5.52 Å². The van der Waals surface area contributed by atoms with Gasteiger partial charge in [0.25, 0.3) is 0 Å². The molecule has 0 radical (unpaired) electrons. The van der Waals surface area contributed by atoms with Crippen LogP contribution in [0.25, 0.3) is 11.1 Å². The summed E-state index contributed by atoms with van der Waals surface area (Å²) in [7, 11) is -2.62. The Morgan fingerprint density at radius 2 is 1.36 bits per heavy atom. The minimum atomic E-state index is -2.62. The summed E-state index contributed by atoms with van der Waals surface area (Å²) in [5.74, 6) is 0. The summed E-state index contributed by atoms with van der Waals surface area (Å²) < 4.78 is 13.2. The predicted molar refractivity (Wildman–Crippen MR) is 105 cm³/mol. The topological polar surface area (TPSA) is 34.1 Å². The van der Waals surface area contributed by atoms with E-state index < -0.39 is 7.80 Å². The molecule has 3 heteroatoms. The maximum atomic E-state index is 13.2. The van der Waals surface area contributed by atoms with Crippen molar-refractivity contribution < 1.29 is 9.36 Å². The molecule has 126 valence electrons. The van der Waals surface area contributed by atoms with Gasteiger partial charge in [-0.25, -0.2) is 0 Å². The summed E-state index contributed by atoms with van der Waals surface area (Å²) in [5.41, 5.74) is 5.05. The Morgan fingerprint density at radius 3 is 2.00 bits per heavy atom. The molecule has 25 heavy (non-hydrogen) atoms. The fourth-order valence-corrected chi connectivity index (χ4v) is 4.91. The van der Waals surface area contributed by atoms with E-state index in [4.69, 9.17) is 0 Å². The number of hydrogen-bond donors (Lipinski definition) is 0. The zero-order chi connectivity index (χ0) is 18.0. The third kappa shape index (κ3) is 3.50. The van der Waals surface area contributed by atoms with Gasteiger partial charge in [-0.2, -0.15) is 0 Å². The summed E-state index contributed by atoms with van der Waals surface area (Å²) in [4.78, 5) is 13.0. The number of carbonyl (C=O) groups is 1. The van der Waals surface area contributed by atoms with Crippen LogP contribution < -0.4 is 5.30 Å². The second-order valence-corrected chi connectivity index (χ2v) is 7.99. The average Bonchev–Trinajstić information content (AvgIpc) is 2.61. The van der Waals surface area contributed by atoms with E-state index in [1.165, 1.54) is 0 Å². The highest BCUT2D eigenvalue weighted by atomic mass is 31.1. The number of carbonyl (C=O) groups excluding carboxylic acids is 1. The van der Waals surface area contributed by atoms with Gasteiger partial charge in [0.1, 0.15) is 0 Å². The maximum absolute atomic E-state index is 13.2. The Morgan fingerprint density at radius 1 is 0.800 bits per heavy atom. The molecule has 2 nitrogen and oxygen atoms in total. The van der Waals surface area contributed by atoms with Crippen LogP contribution in [0.2, 0.25) is 0 Å². The molecule has 0 aliphatic heterocycles. The third-order valence-electron chi connectivity index (χ3n) is 4.37. The number of benzene rings is 3. The summed E-state index contributed by atoms with van der Waals surface area (Å²) in [5, 5.41) is 0.628. The zero-order valence-corrected chi connectivity index (χ0v) is 15.7. The lowest BCUT2D eigenvalue weighted by Crippen LogP contribution is -2.10. The lowest BCUT2D eigenvalue weighted by Gasteiger charge is -2.13. The molecule has 0 saturated carbocycles. The smallest absolute Gasteiger partial charge is 0.223 e. The van der Waals surface area contributed by atoms with Crippen LogP contribution >= 0.6 is 7.80 Å². The molecule has 3 aromatic carbocycles. The van der Waals surface area contributed by atoms with Gasteiger partial charge in [-0.3, -0.25) is 4.79 Å². The van der Waals surface area contributed by atoms with Crippen molar-refractivity contribution >= 4 is 18.6 Å². The van der Waals surface area contributed by atoms with Crippen LogP contribution in [0.3, 0.4) is 0 Å². The van der Waals surface area contributed by atoms with Crippen LogP contribution in [-0.2, 0) is 4.57 Å². The number of rotatable bonds is 4. The predicted octanol–water partition coefficient (Wildman–Crippen LogP) is 5.30. The van der Waals surface area contributed by atoms with Crippen LogP contribution in [0.15, 0.2) is 66.7 Å². The van der Waals surface area contributed by atoms with Crippen LogP contribution in [0.4, 0.5) is 0 Å². The van der Waals surface area contributed by atoms with E-state index in [0.717, 1.165) is 27.8 Å². The molecule has 0 aliphatic carbocycles. The van der Waals surface area contributed by atoms with Crippen molar-refractivity contribution in [2.45, 2.75) is 20.8 Å². The van der Waals surface area contributed by atoms with E-state index in [0.29, 0.717) is 10.9 Å². The molecule has 0 fully saturated rings. The third-order valence-corrected chi connectivity index (χ3v) is 5.95. The van der Waals surface area contributed by atoms with Crippen molar-refractivity contribution in [3.63, 3.8) is 0 Å². The van der Waals surface area contributed by atoms with Crippen LogP contribution in [0, 0.1) is 20.8 Å². The Bertz CT molecular complexity index is 936. The molecule has 0 N–H and O–H groups in total. The van der Waals surface area contributed by atoms with Crippen molar-refractivity contribution in [3.8, 4) is 11.1 Å². The minimum absolute atomic E-state index is 0.261. The second kappa shape index (κ2) is 7.21. The minimum Gasteiger partial charge on any atom is -0.313 e. The Hall–Kier alpha value is -2.44. The van der Waals surface area contributed by atoms with Crippen molar-refractivity contribution in [3.05, 3.63) is 89.0 Å². The monoisotopic (exact) mass is 348 g/mol. The normalized spacial score (nSPS) is 12.0. The van der Waals surface area contributed by atoms with E-state index in [1.54, 1.807) is 6.07 Å². The van der Waals surface area contributed by atoms with E-state index in [1.807, 2.05) is 81.4 Å². The van der Waals surface area contributed by atoms with Gasteiger partial charge in [-0.05, 0) is 43.0 Å². The molecule has 3 aromatic rings. The van der Waals surface area contributed by atoms with Gasteiger partial charge in [0.05, 0.1) is 0 Å². The highest BCUT2D eigenvalue weighted by Crippen LogP contribution is 2.34. The van der Waals surface area contributed by atoms with Crippen molar-refractivity contribution in [1.82, 2.24) is 0 Å². The molecule has 1 unspecified atom stereocenters. The van der Waals surface area contributed by atoms with Crippen molar-refractivity contribution in [2.75, 3.05) is 0 Å². The van der Waals surface area contributed by atoms with Gasteiger partial charge < -0.3 is 4.57 Å². The largest absolute Gasteiger partial charge is 0.313 e. The van der Waals surface area contributed by atoms with Gasteiger partial charge >= 0.3 is 0 Å². The van der Waals surface area contributed by atoms with E-state index >= 15 is 0 Å². The molecule has 1 atom stereocenters. The van der Waals surface area contributed by atoms with E-state index in [9.17, 15) is 9.36 Å². The average molecular weight is 348 g/mol. The lowest BCUT2D eigenvalue weighted by atomic mass is 10.0. The van der Waals surface area contributed by atoms with Gasteiger partial charge in [0.2, 0.25) is 5.52 Å². The SMILES string of the molecule is Cc1cc(C)c(C(=O)[PH](=O)c2ccccc2-c2ccccc2)c(C)c1. The number of aryl methyl sites for hydroxylation is 3. The fraction of sp³-hybridized carbons (Fsp3) is 0.136. The molecule has 3 rings (SSSR count). The molecule has 0 bridgehead atoms. The number of hydrogen-bond acceptors (Lipinski definition) is 2. The summed E-state index contributed by atoms with van der Waals surface area (Å²) >= 11 is 0. The molecule has 0 amide bonds. The quantitative estimate of drug-likeness (QED) is 0.599. The maximum Gasteiger partial charge on any atom is 0.223 e. The van der Waals surface area contributed by atoms with Gasteiger partial charge in [-0.15, -0.1) is 0 Å². The van der Waals surface area contributed by atoms with E-state index in [2.05, 4.69) is 0 Å². The highest BCUT2D eigenvalue weighted by molar-refractivity contribution is 7.71. The summed E-state index contributed by atoms with van der Waals surface area (Å²) in [6.07, 6.45) is 0. The van der Waals surface area contributed by atoms with Gasteiger partial charge in [0.15, 0.2) is 7.80 Å². The molecular formula is C22H21O2P. The second-order valence-electron chi connectivity index (χ2n) is 6.34. The molecule has 0 saturated heterocycles. The summed E-state index contributed by atoms with van der Waals surface area (Å²) in [6, 6.07) is 21.2. The molecule has 0 aromatic heterocycles. The first-order valence-electron chi connectivity index (χ1n) is 8.30. The Kier molecular flexibility index (Phi) is 5.01.